The van der Waals surface area contributed by atoms with E-state index in [1.165, 1.54) is 0 Å². The SMILES string of the molecule is CCNCCC(=O)N(CCCOCC)CC(F)(F)F. The molecule has 0 bridgehead atoms. The maximum atomic E-state index is 12.4. The molecule has 1 N–H and O–H groups in total. The van der Waals surface area contributed by atoms with E-state index in [0.717, 1.165) is 4.90 Å². The number of hydrogen-bond acceptors (Lipinski definition) is 3. The van der Waals surface area contributed by atoms with Crippen molar-refractivity contribution in [1.82, 2.24) is 10.2 Å². The molecule has 0 atom stereocenters. The summed E-state index contributed by atoms with van der Waals surface area (Å²) in [4.78, 5) is 12.6. The van der Waals surface area contributed by atoms with E-state index in [2.05, 4.69) is 5.32 Å². The highest BCUT2D eigenvalue weighted by Gasteiger charge is 2.32. The molecule has 0 unspecified atom stereocenters. The lowest BCUT2D eigenvalue weighted by Gasteiger charge is -2.24. The Balaban J connectivity index is 4.19. The van der Waals surface area contributed by atoms with Crippen molar-refractivity contribution in [2.45, 2.75) is 32.9 Å². The molecular weight excluding hydrogens is 261 g/mol. The van der Waals surface area contributed by atoms with Crippen LogP contribution in [0.25, 0.3) is 0 Å². The molecule has 0 aromatic rings. The molecule has 0 fully saturated rings. The zero-order chi connectivity index (χ0) is 14.7. The van der Waals surface area contributed by atoms with E-state index in [4.69, 9.17) is 4.74 Å². The largest absolute Gasteiger partial charge is 0.406 e. The standard InChI is InChI=1S/C12H23F3N2O2/c1-3-16-7-6-11(18)17(10-12(13,14)15)8-5-9-19-4-2/h16H,3-10H2,1-2H3. The van der Waals surface area contributed by atoms with E-state index in [9.17, 15) is 18.0 Å². The first kappa shape index (κ1) is 18.2. The van der Waals surface area contributed by atoms with E-state index in [1.807, 2.05) is 13.8 Å². The minimum Gasteiger partial charge on any atom is -0.382 e. The topological polar surface area (TPSA) is 41.6 Å². The first-order chi connectivity index (χ1) is 8.90. The van der Waals surface area contributed by atoms with Gasteiger partial charge >= 0.3 is 6.18 Å². The van der Waals surface area contributed by atoms with Gasteiger partial charge in [-0.15, -0.1) is 0 Å². The van der Waals surface area contributed by atoms with E-state index in [-0.39, 0.29) is 13.0 Å². The highest BCUT2D eigenvalue weighted by atomic mass is 19.4. The van der Waals surface area contributed by atoms with Crippen LogP contribution in [-0.2, 0) is 9.53 Å². The Morgan fingerprint density at radius 1 is 1.32 bits per heavy atom. The van der Waals surface area contributed by atoms with Gasteiger partial charge in [-0.1, -0.05) is 6.92 Å². The van der Waals surface area contributed by atoms with Gasteiger partial charge in [0.15, 0.2) is 0 Å². The molecule has 0 aromatic carbocycles. The number of halogens is 3. The van der Waals surface area contributed by atoms with Crippen LogP contribution in [0, 0.1) is 0 Å². The Bertz CT molecular complexity index is 248. The third-order valence-corrected chi connectivity index (χ3v) is 2.41. The van der Waals surface area contributed by atoms with Crippen LogP contribution >= 0.6 is 0 Å². The summed E-state index contributed by atoms with van der Waals surface area (Å²) in [5.41, 5.74) is 0. The lowest BCUT2D eigenvalue weighted by atomic mass is 10.3. The number of rotatable bonds is 10. The normalized spacial score (nSPS) is 11.6. The van der Waals surface area contributed by atoms with Gasteiger partial charge in [-0.2, -0.15) is 13.2 Å². The predicted octanol–water partition coefficient (Wildman–Crippen LogP) is 1.80. The number of hydrogen-bond donors (Lipinski definition) is 1. The number of carbonyl (C=O) groups is 1. The summed E-state index contributed by atoms with van der Waals surface area (Å²) in [7, 11) is 0. The summed E-state index contributed by atoms with van der Waals surface area (Å²) in [6.07, 6.45) is -3.87. The van der Waals surface area contributed by atoms with Crippen molar-refractivity contribution < 1.29 is 22.7 Å². The molecule has 114 valence electrons. The fourth-order valence-corrected chi connectivity index (χ4v) is 1.54. The van der Waals surface area contributed by atoms with E-state index >= 15 is 0 Å². The van der Waals surface area contributed by atoms with Crippen molar-refractivity contribution in [2.24, 2.45) is 0 Å². The van der Waals surface area contributed by atoms with Crippen LogP contribution in [-0.4, -0.2) is 56.4 Å². The molecule has 0 rings (SSSR count). The quantitative estimate of drug-likeness (QED) is 0.622. The van der Waals surface area contributed by atoms with E-state index in [1.54, 1.807) is 0 Å². The molecule has 0 aromatic heterocycles. The molecule has 19 heavy (non-hydrogen) atoms. The second kappa shape index (κ2) is 10.0. The minimum atomic E-state index is -4.36. The second-order valence-corrected chi connectivity index (χ2v) is 4.08. The molecule has 0 aliphatic heterocycles. The van der Waals surface area contributed by atoms with Crippen molar-refractivity contribution in [2.75, 3.05) is 39.4 Å². The van der Waals surface area contributed by atoms with Gasteiger partial charge in [0.2, 0.25) is 5.91 Å². The summed E-state index contributed by atoms with van der Waals surface area (Å²) >= 11 is 0. The maximum Gasteiger partial charge on any atom is 0.406 e. The molecule has 0 heterocycles. The Morgan fingerprint density at radius 2 is 2.00 bits per heavy atom. The van der Waals surface area contributed by atoms with Crippen molar-refractivity contribution in [3.63, 3.8) is 0 Å². The van der Waals surface area contributed by atoms with Crippen LogP contribution in [0.3, 0.4) is 0 Å². The molecular formula is C12H23F3N2O2. The van der Waals surface area contributed by atoms with Crippen molar-refractivity contribution in [1.29, 1.82) is 0 Å². The molecule has 0 spiro atoms. The molecule has 7 heteroatoms. The summed E-state index contributed by atoms with van der Waals surface area (Å²) in [6.45, 7) is 4.55. The number of amides is 1. The summed E-state index contributed by atoms with van der Waals surface area (Å²) in [6, 6.07) is 0. The van der Waals surface area contributed by atoms with E-state index in [0.29, 0.717) is 32.7 Å². The number of alkyl halides is 3. The van der Waals surface area contributed by atoms with Crippen LogP contribution in [0.4, 0.5) is 13.2 Å². The van der Waals surface area contributed by atoms with Gasteiger partial charge in [-0.05, 0) is 19.9 Å². The van der Waals surface area contributed by atoms with Gasteiger partial charge in [-0.25, -0.2) is 0 Å². The first-order valence-corrected chi connectivity index (χ1v) is 6.53. The Kier molecular flexibility index (Phi) is 9.59. The van der Waals surface area contributed by atoms with Crippen LogP contribution in [0.1, 0.15) is 26.7 Å². The van der Waals surface area contributed by atoms with Crippen molar-refractivity contribution in [3.8, 4) is 0 Å². The smallest absolute Gasteiger partial charge is 0.382 e. The molecule has 0 saturated carbocycles. The molecule has 0 saturated heterocycles. The third kappa shape index (κ3) is 10.8. The number of nitrogens with one attached hydrogen (secondary N) is 1. The van der Waals surface area contributed by atoms with Crippen LogP contribution in [0.2, 0.25) is 0 Å². The molecule has 4 nitrogen and oxygen atoms in total. The summed E-state index contributed by atoms with van der Waals surface area (Å²) < 4.78 is 42.2. The Hall–Kier alpha value is -0.820. The lowest BCUT2D eigenvalue weighted by Crippen LogP contribution is -2.41. The minimum absolute atomic E-state index is 0.0739. The average molecular weight is 284 g/mol. The fourth-order valence-electron chi connectivity index (χ4n) is 1.54. The molecule has 0 radical (unpaired) electrons. The van der Waals surface area contributed by atoms with Gasteiger partial charge in [0.05, 0.1) is 0 Å². The fraction of sp³-hybridized carbons (Fsp3) is 0.917. The monoisotopic (exact) mass is 284 g/mol. The number of nitrogens with zero attached hydrogens (tertiary/aromatic N) is 1. The zero-order valence-electron chi connectivity index (χ0n) is 11.6. The number of carbonyl (C=O) groups excluding carboxylic acids is 1. The van der Waals surface area contributed by atoms with Crippen molar-refractivity contribution in [3.05, 3.63) is 0 Å². The van der Waals surface area contributed by atoms with Gasteiger partial charge < -0.3 is 15.0 Å². The number of ether oxygens (including phenoxy) is 1. The Morgan fingerprint density at radius 3 is 2.53 bits per heavy atom. The van der Waals surface area contributed by atoms with Gasteiger partial charge in [-0.3, -0.25) is 4.79 Å². The molecule has 1 amide bonds. The van der Waals surface area contributed by atoms with E-state index < -0.39 is 18.6 Å². The van der Waals surface area contributed by atoms with Gasteiger partial charge in [0.25, 0.3) is 0 Å². The van der Waals surface area contributed by atoms with Crippen LogP contribution in [0.5, 0.6) is 0 Å². The predicted molar refractivity (Wildman–Crippen MR) is 66.9 cm³/mol. The Labute approximate surface area is 112 Å². The second-order valence-electron chi connectivity index (χ2n) is 4.08. The third-order valence-electron chi connectivity index (χ3n) is 2.41. The first-order valence-electron chi connectivity index (χ1n) is 6.53. The molecule has 0 aliphatic carbocycles. The summed E-state index contributed by atoms with van der Waals surface area (Å²) in [5, 5.41) is 2.92. The highest BCUT2D eigenvalue weighted by molar-refractivity contribution is 5.76. The lowest BCUT2D eigenvalue weighted by molar-refractivity contribution is -0.161. The zero-order valence-corrected chi connectivity index (χ0v) is 11.6. The van der Waals surface area contributed by atoms with Crippen LogP contribution < -0.4 is 5.32 Å². The molecule has 0 aliphatic rings. The van der Waals surface area contributed by atoms with Crippen molar-refractivity contribution >= 4 is 5.91 Å². The summed E-state index contributed by atoms with van der Waals surface area (Å²) in [5.74, 6) is -0.477. The van der Waals surface area contributed by atoms with Crippen LogP contribution in [0.15, 0.2) is 0 Å². The van der Waals surface area contributed by atoms with Gasteiger partial charge in [0, 0.05) is 32.7 Å². The maximum absolute atomic E-state index is 12.4. The van der Waals surface area contributed by atoms with Gasteiger partial charge in [0.1, 0.15) is 6.54 Å². The average Bonchev–Trinajstić information content (AvgIpc) is 2.32. The highest BCUT2D eigenvalue weighted by Crippen LogP contribution is 2.17.